The third-order valence-electron chi connectivity index (χ3n) is 5.15. The summed E-state index contributed by atoms with van der Waals surface area (Å²) in [5, 5.41) is 9.72. The normalized spacial score (nSPS) is 16.9. The summed E-state index contributed by atoms with van der Waals surface area (Å²) in [5.74, 6) is -0.184. The van der Waals surface area contributed by atoms with Crippen molar-refractivity contribution >= 4 is 33.2 Å². The number of likely N-dealkylation sites (tertiary alicyclic amines) is 1. The number of nitrogens with zero attached hydrogens (tertiary/aromatic N) is 2. The lowest BCUT2D eigenvalue weighted by Crippen LogP contribution is -2.41. The number of sulfonamides is 1. The Balaban J connectivity index is 1.94. The van der Waals surface area contributed by atoms with Gasteiger partial charge >= 0.3 is 0 Å². The first-order valence-electron chi connectivity index (χ1n) is 9.77. The topological polar surface area (TPSA) is 77.9 Å². The number of amides is 1. The van der Waals surface area contributed by atoms with Crippen LogP contribution < -0.4 is 4.31 Å². The van der Waals surface area contributed by atoms with Crippen LogP contribution >= 0.6 is 11.6 Å². The number of benzene rings is 2. The summed E-state index contributed by atoms with van der Waals surface area (Å²) in [4.78, 5) is 14.6. The lowest BCUT2D eigenvalue weighted by atomic mass is 9.98. The quantitative estimate of drug-likeness (QED) is 0.657. The Morgan fingerprint density at radius 2 is 2.03 bits per heavy atom. The smallest absolute Gasteiger partial charge is 0.264 e. The predicted molar refractivity (Wildman–Crippen MR) is 118 cm³/mol. The Morgan fingerprint density at radius 3 is 2.73 bits per heavy atom. The molecule has 0 aliphatic carbocycles. The average Bonchev–Trinajstić information content (AvgIpc) is 2.77. The first-order chi connectivity index (χ1) is 14.4. The summed E-state index contributed by atoms with van der Waals surface area (Å²) in [7, 11) is -3.97. The molecule has 2 aromatic rings. The van der Waals surface area contributed by atoms with Crippen LogP contribution in [0.5, 0.6) is 0 Å². The molecule has 1 amide bonds. The number of aliphatic hydroxyl groups excluding tert-OH is 1. The van der Waals surface area contributed by atoms with E-state index >= 15 is 0 Å². The van der Waals surface area contributed by atoms with E-state index < -0.39 is 10.0 Å². The highest BCUT2D eigenvalue weighted by Gasteiger charge is 2.28. The Hall–Kier alpha value is -2.35. The van der Waals surface area contributed by atoms with E-state index in [9.17, 15) is 18.3 Å². The molecule has 0 aromatic heterocycles. The second-order valence-corrected chi connectivity index (χ2v) is 9.52. The number of carbonyl (C=O) groups excluding carboxylic acids is 1. The fourth-order valence-corrected chi connectivity index (χ4v) is 5.38. The second-order valence-electron chi connectivity index (χ2n) is 7.25. The first-order valence-corrected chi connectivity index (χ1v) is 11.6. The number of anilines is 1. The molecule has 0 radical (unpaired) electrons. The zero-order valence-electron chi connectivity index (χ0n) is 16.6. The molecular weight excluding hydrogens is 424 g/mol. The molecule has 160 valence electrons. The number of rotatable bonds is 7. The van der Waals surface area contributed by atoms with Crippen molar-refractivity contribution in [1.29, 1.82) is 0 Å². The van der Waals surface area contributed by atoms with E-state index in [0.717, 1.165) is 12.8 Å². The Morgan fingerprint density at radius 1 is 1.27 bits per heavy atom. The van der Waals surface area contributed by atoms with E-state index in [1.54, 1.807) is 41.3 Å². The molecule has 0 saturated carbocycles. The number of hydrogen-bond donors (Lipinski definition) is 1. The van der Waals surface area contributed by atoms with Crippen molar-refractivity contribution in [2.75, 3.05) is 30.5 Å². The molecule has 1 saturated heterocycles. The molecule has 0 bridgehead atoms. The summed E-state index contributed by atoms with van der Waals surface area (Å²) in [5.41, 5.74) is 0.644. The minimum absolute atomic E-state index is 0.00540. The van der Waals surface area contributed by atoms with E-state index in [0.29, 0.717) is 29.4 Å². The van der Waals surface area contributed by atoms with Gasteiger partial charge in [-0.15, -0.1) is 6.58 Å². The van der Waals surface area contributed by atoms with Gasteiger partial charge in [0.05, 0.1) is 22.2 Å². The summed E-state index contributed by atoms with van der Waals surface area (Å²) in [6, 6.07) is 12.7. The van der Waals surface area contributed by atoms with Gasteiger partial charge in [0.15, 0.2) is 0 Å². The number of aliphatic hydroxyl groups is 1. The van der Waals surface area contributed by atoms with Crippen molar-refractivity contribution in [3.05, 3.63) is 71.8 Å². The van der Waals surface area contributed by atoms with Gasteiger partial charge in [-0.25, -0.2) is 8.42 Å². The lowest BCUT2D eigenvalue weighted by molar-refractivity contribution is 0.0620. The zero-order chi connectivity index (χ0) is 21.7. The van der Waals surface area contributed by atoms with E-state index in [2.05, 4.69) is 6.58 Å². The Kier molecular flexibility index (Phi) is 7.18. The Labute approximate surface area is 182 Å². The molecule has 2 aromatic carbocycles. The van der Waals surface area contributed by atoms with Crippen molar-refractivity contribution in [2.24, 2.45) is 5.92 Å². The molecule has 1 aliphatic heterocycles. The zero-order valence-corrected chi connectivity index (χ0v) is 18.1. The van der Waals surface area contributed by atoms with Crippen molar-refractivity contribution in [3.63, 3.8) is 0 Å². The standard InChI is InChI=1S/C22H25ClN2O4S/c1-2-12-25(21-11-4-3-10-20(21)23)30(28,29)19-9-5-8-18(14-19)22(27)24-13-6-7-17(15-24)16-26/h2-5,8-11,14,17,26H,1,6-7,12-13,15-16H2. The summed E-state index contributed by atoms with van der Waals surface area (Å²) in [6.45, 7) is 4.78. The maximum atomic E-state index is 13.4. The SMILES string of the molecule is C=CCN(c1ccccc1Cl)S(=O)(=O)c1cccc(C(=O)N2CCCC(CO)C2)c1. The van der Waals surface area contributed by atoms with Crippen LogP contribution in [0.2, 0.25) is 5.02 Å². The molecule has 6 nitrogen and oxygen atoms in total. The van der Waals surface area contributed by atoms with E-state index in [-0.39, 0.29) is 29.9 Å². The Bertz CT molecular complexity index is 1030. The van der Waals surface area contributed by atoms with Crippen LogP contribution in [-0.2, 0) is 10.0 Å². The fourth-order valence-electron chi connectivity index (χ4n) is 3.60. The van der Waals surface area contributed by atoms with Crippen LogP contribution in [0.1, 0.15) is 23.2 Å². The van der Waals surface area contributed by atoms with Crippen molar-refractivity contribution in [1.82, 2.24) is 4.90 Å². The molecule has 30 heavy (non-hydrogen) atoms. The van der Waals surface area contributed by atoms with Crippen molar-refractivity contribution < 1.29 is 18.3 Å². The van der Waals surface area contributed by atoms with Crippen LogP contribution in [-0.4, -0.2) is 50.6 Å². The first kappa shape index (κ1) is 22.3. The minimum Gasteiger partial charge on any atom is -0.396 e. The van der Waals surface area contributed by atoms with E-state index in [1.165, 1.54) is 22.5 Å². The van der Waals surface area contributed by atoms with Crippen molar-refractivity contribution in [3.8, 4) is 0 Å². The molecule has 1 fully saturated rings. The lowest BCUT2D eigenvalue weighted by Gasteiger charge is -2.32. The van der Waals surface area contributed by atoms with Crippen LogP contribution in [0.15, 0.2) is 66.1 Å². The largest absolute Gasteiger partial charge is 0.396 e. The third kappa shape index (κ3) is 4.69. The number of piperidine rings is 1. The van der Waals surface area contributed by atoms with Gasteiger partial charge in [-0.2, -0.15) is 0 Å². The highest BCUT2D eigenvalue weighted by atomic mass is 35.5. The number of halogens is 1. The molecular formula is C22H25ClN2O4S. The minimum atomic E-state index is -3.97. The second kappa shape index (κ2) is 9.64. The van der Waals surface area contributed by atoms with Gasteiger partial charge in [0.25, 0.3) is 15.9 Å². The third-order valence-corrected chi connectivity index (χ3v) is 7.24. The van der Waals surface area contributed by atoms with Gasteiger partial charge in [0, 0.05) is 25.3 Å². The number of carbonyl (C=O) groups is 1. The molecule has 1 heterocycles. The molecule has 1 N–H and O–H groups in total. The summed E-state index contributed by atoms with van der Waals surface area (Å²) >= 11 is 6.24. The van der Waals surface area contributed by atoms with Gasteiger partial charge in [-0.05, 0) is 49.1 Å². The number of hydrogen-bond acceptors (Lipinski definition) is 4. The molecule has 3 rings (SSSR count). The number of para-hydroxylation sites is 1. The van der Waals surface area contributed by atoms with E-state index in [1.807, 2.05) is 0 Å². The molecule has 1 atom stereocenters. The van der Waals surface area contributed by atoms with Crippen LogP contribution in [0, 0.1) is 5.92 Å². The van der Waals surface area contributed by atoms with Gasteiger partial charge < -0.3 is 10.0 Å². The summed E-state index contributed by atoms with van der Waals surface area (Å²) < 4.78 is 27.9. The monoisotopic (exact) mass is 448 g/mol. The van der Waals surface area contributed by atoms with Gasteiger partial charge in [0.1, 0.15) is 0 Å². The highest BCUT2D eigenvalue weighted by molar-refractivity contribution is 7.92. The highest BCUT2D eigenvalue weighted by Crippen LogP contribution is 2.30. The van der Waals surface area contributed by atoms with Gasteiger partial charge in [-0.1, -0.05) is 35.9 Å². The van der Waals surface area contributed by atoms with Gasteiger partial charge in [-0.3, -0.25) is 9.10 Å². The molecule has 1 aliphatic rings. The molecule has 1 unspecified atom stereocenters. The van der Waals surface area contributed by atoms with E-state index in [4.69, 9.17) is 11.6 Å². The maximum Gasteiger partial charge on any atom is 0.264 e. The van der Waals surface area contributed by atoms with Crippen LogP contribution in [0.3, 0.4) is 0 Å². The molecule has 0 spiro atoms. The maximum absolute atomic E-state index is 13.4. The predicted octanol–water partition coefficient (Wildman–Crippen LogP) is 3.57. The fraction of sp³-hybridized carbons (Fsp3) is 0.318. The summed E-state index contributed by atoms with van der Waals surface area (Å²) in [6.07, 6.45) is 3.18. The van der Waals surface area contributed by atoms with Crippen LogP contribution in [0.4, 0.5) is 5.69 Å². The average molecular weight is 449 g/mol. The van der Waals surface area contributed by atoms with Crippen LogP contribution in [0.25, 0.3) is 0 Å². The van der Waals surface area contributed by atoms with Gasteiger partial charge in [0.2, 0.25) is 0 Å². The van der Waals surface area contributed by atoms with Crippen molar-refractivity contribution in [2.45, 2.75) is 17.7 Å². The molecule has 8 heteroatoms.